The molecule has 5 rings (SSSR count). The van der Waals surface area contributed by atoms with Crippen molar-refractivity contribution in [1.29, 1.82) is 0 Å². The van der Waals surface area contributed by atoms with Gasteiger partial charge in [-0.1, -0.05) is 60.7 Å². The quantitative estimate of drug-likeness (QED) is 0.170. The van der Waals surface area contributed by atoms with Gasteiger partial charge in [-0.2, -0.15) is 0 Å². The summed E-state index contributed by atoms with van der Waals surface area (Å²) in [7, 11) is 0. The second kappa shape index (κ2) is 14.6. The van der Waals surface area contributed by atoms with Gasteiger partial charge >= 0.3 is 0 Å². The maximum Gasteiger partial charge on any atom is 0.193 e. The molecule has 1 heterocycles. The number of nitrogens with one attached hydrogen (secondary N) is 2. The minimum atomic E-state index is 0. The molecule has 1 aliphatic heterocycles. The molecular formula is C32H37ClN8. The minimum Gasteiger partial charge on any atom is -0.370 e. The lowest BCUT2D eigenvalue weighted by molar-refractivity contribution is 0.653. The van der Waals surface area contributed by atoms with Gasteiger partial charge < -0.3 is 31.9 Å². The Morgan fingerprint density at radius 2 is 0.878 bits per heavy atom. The Hall–Kier alpha value is -4.69. The standard InChI is InChI=1S/C32H36N8.ClH/c33-31(35-23-25-7-3-1-4-8-25)37-27-11-15-29(16-12-27)39-19-21-40(22-20-39)30-17-13-28(14-18-30)38-32(34)36-24-26-9-5-2-6-10-26;/h1-18H,19-24H2,(H3,33,35,37)(H3,34,36,38);1H. The van der Waals surface area contributed by atoms with Crippen LogP contribution in [0, 0.1) is 0 Å². The molecule has 1 aliphatic rings. The minimum absolute atomic E-state index is 0. The molecule has 0 amide bonds. The highest BCUT2D eigenvalue weighted by atomic mass is 35.5. The molecule has 0 bridgehead atoms. The van der Waals surface area contributed by atoms with E-state index in [-0.39, 0.29) is 12.4 Å². The van der Waals surface area contributed by atoms with E-state index >= 15 is 0 Å². The Balaban J connectivity index is 0.00000387. The summed E-state index contributed by atoms with van der Waals surface area (Å²) in [6.45, 7) is 4.91. The molecule has 9 heteroatoms. The normalized spacial score (nSPS) is 13.9. The van der Waals surface area contributed by atoms with Gasteiger partial charge in [0.05, 0.1) is 13.1 Å². The Labute approximate surface area is 248 Å². The van der Waals surface area contributed by atoms with Crippen molar-refractivity contribution in [1.82, 2.24) is 0 Å². The average molecular weight is 569 g/mol. The van der Waals surface area contributed by atoms with Crippen molar-refractivity contribution in [3.05, 3.63) is 120 Å². The molecule has 212 valence electrons. The van der Waals surface area contributed by atoms with Crippen molar-refractivity contribution in [2.24, 2.45) is 21.5 Å². The number of nitrogens with zero attached hydrogens (tertiary/aromatic N) is 4. The highest BCUT2D eigenvalue weighted by molar-refractivity contribution is 5.93. The van der Waals surface area contributed by atoms with Gasteiger partial charge in [-0.05, 0) is 59.7 Å². The zero-order valence-electron chi connectivity index (χ0n) is 23.0. The zero-order chi connectivity index (χ0) is 27.6. The molecule has 0 aromatic heterocycles. The lowest BCUT2D eigenvalue weighted by Gasteiger charge is -2.37. The summed E-state index contributed by atoms with van der Waals surface area (Å²) in [5.74, 6) is 0.821. The first-order valence-electron chi connectivity index (χ1n) is 13.5. The predicted octanol–water partition coefficient (Wildman–Crippen LogP) is 5.29. The van der Waals surface area contributed by atoms with Crippen LogP contribution in [-0.2, 0) is 13.1 Å². The molecule has 41 heavy (non-hydrogen) atoms. The van der Waals surface area contributed by atoms with Crippen molar-refractivity contribution < 1.29 is 0 Å². The fourth-order valence-electron chi connectivity index (χ4n) is 4.63. The highest BCUT2D eigenvalue weighted by Crippen LogP contribution is 2.23. The first-order chi connectivity index (χ1) is 19.6. The summed E-state index contributed by atoms with van der Waals surface area (Å²) in [5.41, 5.74) is 18.7. The number of rotatable bonds is 8. The van der Waals surface area contributed by atoms with E-state index in [9.17, 15) is 0 Å². The number of hydrogen-bond acceptors (Lipinski definition) is 4. The van der Waals surface area contributed by atoms with Crippen molar-refractivity contribution in [3.8, 4) is 0 Å². The van der Waals surface area contributed by atoms with Crippen LogP contribution in [-0.4, -0.2) is 38.1 Å². The summed E-state index contributed by atoms with van der Waals surface area (Å²) in [5, 5.41) is 6.36. The fourth-order valence-corrected chi connectivity index (χ4v) is 4.63. The predicted molar refractivity (Wildman–Crippen MR) is 175 cm³/mol. The zero-order valence-corrected chi connectivity index (χ0v) is 23.8. The summed E-state index contributed by atoms with van der Waals surface area (Å²) in [6, 6.07) is 36.9. The highest BCUT2D eigenvalue weighted by Gasteiger charge is 2.17. The lowest BCUT2D eigenvalue weighted by atomic mass is 10.2. The third-order valence-electron chi connectivity index (χ3n) is 6.84. The smallest absolute Gasteiger partial charge is 0.193 e. The number of hydrogen-bond donors (Lipinski definition) is 4. The maximum atomic E-state index is 6.08. The third-order valence-corrected chi connectivity index (χ3v) is 6.84. The molecule has 0 unspecified atom stereocenters. The Kier molecular flexibility index (Phi) is 10.5. The van der Waals surface area contributed by atoms with Crippen LogP contribution in [0.15, 0.2) is 119 Å². The van der Waals surface area contributed by atoms with Crippen molar-refractivity contribution >= 4 is 47.1 Å². The molecular weight excluding hydrogens is 532 g/mol. The number of nitrogens with two attached hydrogens (primary N) is 2. The SMILES string of the molecule is Cl.NC(=NCc1ccccc1)Nc1ccc(N2CCN(c3ccc(NC(N)=NCc4ccccc4)cc3)CC2)cc1. The van der Waals surface area contributed by atoms with E-state index in [1.165, 1.54) is 11.4 Å². The van der Waals surface area contributed by atoms with Gasteiger partial charge in [0.25, 0.3) is 0 Å². The topological polar surface area (TPSA) is 107 Å². The second-order valence-electron chi connectivity index (χ2n) is 9.69. The van der Waals surface area contributed by atoms with Gasteiger partial charge in [-0.15, -0.1) is 12.4 Å². The number of guanidine groups is 2. The Morgan fingerprint density at radius 3 is 1.22 bits per heavy atom. The van der Waals surface area contributed by atoms with Crippen molar-refractivity contribution in [2.45, 2.75) is 13.1 Å². The molecule has 4 aromatic rings. The van der Waals surface area contributed by atoms with Crippen LogP contribution in [0.1, 0.15) is 11.1 Å². The van der Waals surface area contributed by atoms with Crippen LogP contribution in [0.4, 0.5) is 22.7 Å². The largest absolute Gasteiger partial charge is 0.370 e. The second-order valence-corrected chi connectivity index (χ2v) is 9.69. The van der Waals surface area contributed by atoms with E-state index in [0.717, 1.165) is 48.7 Å². The van der Waals surface area contributed by atoms with Crippen LogP contribution in [0.2, 0.25) is 0 Å². The first-order valence-corrected chi connectivity index (χ1v) is 13.5. The number of anilines is 4. The van der Waals surface area contributed by atoms with E-state index in [4.69, 9.17) is 11.5 Å². The van der Waals surface area contributed by atoms with Gasteiger partial charge in [0.15, 0.2) is 11.9 Å². The summed E-state index contributed by atoms with van der Waals surface area (Å²) < 4.78 is 0. The number of aliphatic imine (C=N–C) groups is 2. The van der Waals surface area contributed by atoms with E-state index in [1.54, 1.807) is 0 Å². The first kappa shape index (κ1) is 29.3. The fraction of sp³-hybridized carbons (Fsp3) is 0.188. The van der Waals surface area contributed by atoms with Gasteiger partial charge in [-0.25, -0.2) is 9.98 Å². The van der Waals surface area contributed by atoms with Crippen LogP contribution in [0.25, 0.3) is 0 Å². The molecule has 0 radical (unpaired) electrons. The van der Waals surface area contributed by atoms with Gasteiger partial charge in [0.2, 0.25) is 0 Å². The summed E-state index contributed by atoms with van der Waals surface area (Å²) >= 11 is 0. The molecule has 0 aliphatic carbocycles. The monoisotopic (exact) mass is 568 g/mol. The molecule has 4 aromatic carbocycles. The van der Waals surface area contributed by atoms with E-state index in [1.807, 2.05) is 84.9 Å². The molecule has 0 saturated carbocycles. The van der Waals surface area contributed by atoms with Crippen LogP contribution < -0.4 is 31.9 Å². The number of benzene rings is 4. The molecule has 8 nitrogen and oxygen atoms in total. The van der Waals surface area contributed by atoms with E-state index < -0.39 is 0 Å². The Bertz CT molecular complexity index is 1290. The van der Waals surface area contributed by atoms with Gasteiger partial charge in [-0.3, -0.25) is 0 Å². The van der Waals surface area contributed by atoms with E-state index in [2.05, 4.69) is 54.7 Å². The number of piperazine rings is 1. The molecule has 1 saturated heterocycles. The Morgan fingerprint density at radius 1 is 0.537 bits per heavy atom. The number of halogens is 1. The van der Waals surface area contributed by atoms with Crippen molar-refractivity contribution in [2.75, 3.05) is 46.6 Å². The third kappa shape index (κ3) is 8.65. The van der Waals surface area contributed by atoms with Crippen LogP contribution in [0.5, 0.6) is 0 Å². The van der Waals surface area contributed by atoms with Crippen molar-refractivity contribution in [3.63, 3.8) is 0 Å². The lowest BCUT2D eigenvalue weighted by Crippen LogP contribution is -2.46. The summed E-state index contributed by atoms with van der Waals surface area (Å²) in [6.07, 6.45) is 0. The summed E-state index contributed by atoms with van der Waals surface area (Å²) in [4.78, 5) is 13.7. The molecule has 0 atom stereocenters. The molecule has 0 spiro atoms. The molecule has 1 fully saturated rings. The van der Waals surface area contributed by atoms with E-state index in [0.29, 0.717) is 25.0 Å². The average Bonchev–Trinajstić information content (AvgIpc) is 3.01. The molecule has 6 N–H and O–H groups in total. The van der Waals surface area contributed by atoms with Crippen LogP contribution in [0.3, 0.4) is 0 Å². The van der Waals surface area contributed by atoms with Gasteiger partial charge in [0, 0.05) is 48.9 Å². The van der Waals surface area contributed by atoms with Crippen LogP contribution >= 0.6 is 12.4 Å². The maximum absolute atomic E-state index is 6.08. The van der Waals surface area contributed by atoms with Gasteiger partial charge in [0.1, 0.15) is 0 Å².